The van der Waals surface area contributed by atoms with E-state index in [0.717, 1.165) is 15.9 Å². The second kappa shape index (κ2) is 7.41. The third-order valence-electron chi connectivity index (χ3n) is 4.22. The van der Waals surface area contributed by atoms with Gasteiger partial charge in [0.15, 0.2) is 0 Å². The molecule has 1 aliphatic heterocycles. The van der Waals surface area contributed by atoms with Crippen molar-refractivity contribution in [1.29, 1.82) is 0 Å². The predicted molar refractivity (Wildman–Crippen MR) is 99.8 cm³/mol. The van der Waals surface area contributed by atoms with Crippen LogP contribution in [0.15, 0.2) is 48.9 Å². The normalized spacial score (nSPS) is 14.2. The van der Waals surface area contributed by atoms with Crippen LogP contribution in [0.5, 0.6) is 0 Å². The Hall–Kier alpha value is -3.63. The zero-order chi connectivity index (χ0) is 20.4. The molecule has 29 heavy (non-hydrogen) atoms. The molecule has 0 radical (unpaired) electrons. The lowest BCUT2D eigenvalue weighted by molar-refractivity contribution is -0.142. The van der Waals surface area contributed by atoms with Crippen molar-refractivity contribution < 1.29 is 18.0 Å². The Labute approximate surface area is 163 Å². The highest BCUT2D eigenvalue weighted by Gasteiger charge is 2.28. The molecule has 1 aliphatic rings. The molecule has 3 heterocycles. The van der Waals surface area contributed by atoms with Gasteiger partial charge in [-0.3, -0.25) is 9.58 Å². The molecule has 2 aromatic heterocycles. The lowest BCUT2D eigenvalue weighted by Crippen LogP contribution is -2.27. The first-order valence-electron chi connectivity index (χ1n) is 8.72. The van der Waals surface area contributed by atoms with Gasteiger partial charge < -0.3 is 10.6 Å². The number of halogens is 3. The monoisotopic (exact) mass is 403 g/mol. The standard InChI is InChI=1S/C18H16F3N7O/c19-18(20,21)11-27-10-13(9-24-27)25-16-22-6-5-15(26-16)12-1-3-14(4-2-12)28-8-7-23-17(28)29/h1-6,9-10H,7-8,11H2,(H,23,29)(H,22,25,26). The molecule has 1 saturated heterocycles. The number of amides is 2. The van der Waals surface area contributed by atoms with Crippen LogP contribution < -0.4 is 15.5 Å². The van der Waals surface area contributed by atoms with Crippen LogP contribution in [0.25, 0.3) is 11.3 Å². The van der Waals surface area contributed by atoms with E-state index in [1.807, 2.05) is 24.3 Å². The van der Waals surface area contributed by atoms with Crippen molar-refractivity contribution in [3.63, 3.8) is 0 Å². The van der Waals surface area contributed by atoms with E-state index in [0.29, 0.717) is 24.5 Å². The highest BCUT2D eigenvalue weighted by atomic mass is 19.4. The van der Waals surface area contributed by atoms with E-state index < -0.39 is 12.7 Å². The number of carbonyl (C=O) groups is 1. The predicted octanol–water partition coefficient (Wildman–Crippen LogP) is 3.18. The Kier molecular flexibility index (Phi) is 4.79. The SMILES string of the molecule is O=C1NCCN1c1ccc(-c2ccnc(Nc3cnn(CC(F)(F)F)c3)n2)cc1. The maximum Gasteiger partial charge on any atom is 0.408 e. The number of nitrogens with one attached hydrogen (secondary N) is 2. The largest absolute Gasteiger partial charge is 0.408 e. The molecular weight excluding hydrogens is 387 g/mol. The molecule has 1 aromatic carbocycles. The Balaban J connectivity index is 1.48. The second-order valence-corrected chi connectivity index (χ2v) is 6.36. The van der Waals surface area contributed by atoms with Crippen LogP contribution in [0.2, 0.25) is 0 Å². The molecule has 0 bridgehead atoms. The lowest BCUT2D eigenvalue weighted by atomic mass is 10.1. The van der Waals surface area contributed by atoms with Crippen molar-refractivity contribution in [2.45, 2.75) is 12.7 Å². The Morgan fingerprint density at radius 3 is 2.66 bits per heavy atom. The molecule has 11 heteroatoms. The Morgan fingerprint density at radius 2 is 1.97 bits per heavy atom. The average Bonchev–Trinajstić information content (AvgIpc) is 3.29. The van der Waals surface area contributed by atoms with Crippen LogP contribution in [-0.2, 0) is 6.54 Å². The Bertz CT molecular complexity index is 1020. The van der Waals surface area contributed by atoms with Crippen LogP contribution >= 0.6 is 0 Å². The van der Waals surface area contributed by atoms with Gasteiger partial charge in [-0.25, -0.2) is 14.8 Å². The van der Waals surface area contributed by atoms with Crippen molar-refractivity contribution >= 4 is 23.4 Å². The summed E-state index contributed by atoms with van der Waals surface area (Å²) in [6.07, 6.45) is -0.286. The smallest absolute Gasteiger partial charge is 0.336 e. The fourth-order valence-corrected chi connectivity index (χ4v) is 2.94. The van der Waals surface area contributed by atoms with Crippen LogP contribution in [0, 0.1) is 0 Å². The van der Waals surface area contributed by atoms with E-state index in [4.69, 9.17) is 0 Å². The summed E-state index contributed by atoms with van der Waals surface area (Å²) in [5.41, 5.74) is 2.57. The molecule has 2 N–H and O–H groups in total. The molecule has 0 atom stereocenters. The van der Waals surface area contributed by atoms with Gasteiger partial charge in [-0.05, 0) is 18.2 Å². The third-order valence-corrected chi connectivity index (χ3v) is 4.22. The van der Waals surface area contributed by atoms with Gasteiger partial charge >= 0.3 is 12.2 Å². The quantitative estimate of drug-likeness (QED) is 0.683. The minimum atomic E-state index is -4.35. The highest BCUT2D eigenvalue weighted by Crippen LogP contribution is 2.24. The number of hydrogen-bond acceptors (Lipinski definition) is 5. The van der Waals surface area contributed by atoms with E-state index >= 15 is 0 Å². The maximum absolute atomic E-state index is 12.4. The first-order valence-corrected chi connectivity index (χ1v) is 8.72. The molecule has 0 aliphatic carbocycles. The summed E-state index contributed by atoms with van der Waals surface area (Å²) in [6, 6.07) is 8.93. The van der Waals surface area contributed by atoms with Gasteiger partial charge in [0.1, 0.15) is 6.54 Å². The number of hydrogen-bond donors (Lipinski definition) is 2. The van der Waals surface area contributed by atoms with Gasteiger partial charge in [0, 0.05) is 36.7 Å². The summed E-state index contributed by atoms with van der Waals surface area (Å²) in [6.45, 7) is 0.0554. The molecule has 4 rings (SSSR count). The minimum Gasteiger partial charge on any atom is -0.336 e. The van der Waals surface area contributed by atoms with E-state index in [1.54, 1.807) is 17.2 Å². The molecule has 0 unspecified atom stereocenters. The van der Waals surface area contributed by atoms with Crippen molar-refractivity contribution in [2.75, 3.05) is 23.3 Å². The first kappa shape index (κ1) is 18.7. The zero-order valence-electron chi connectivity index (χ0n) is 15.0. The van der Waals surface area contributed by atoms with Crippen molar-refractivity contribution in [3.8, 4) is 11.3 Å². The number of nitrogens with zero attached hydrogens (tertiary/aromatic N) is 5. The number of anilines is 3. The van der Waals surface area contributed by atoms with Gasteiger partial charge in [0.25, 0.3) is 0 Å². The average molecular weight is 403 g/mol. The van der Waals surface area contributed by atoms with Gasteiger partial charge in [0.2, 0.25) is 5.95 Å². The van der Waals surface area contributed by atoms with Crippen molar-refractivity contribution in [3.05, 3.63) is 48.9 Å². The topological polar surface area (TPSA) is 88.0 Å². The molecule has 8 nitrogen and oxygen atoms in total. The number of benzene rings is 1. The maximum atomic E-state index is 12.4. The van der Waals surface area contributed by atoms with E-state index in [9.17, 15) is 18.0 Å². The summed E-state index contributed by atoms with van der Waals surface area (Å²) in [5.74, 6) is 0.233. The number of aromatic nitrogens is 4. The van der Waals surface area contributed by atoms with Crippen LogP contribution in [0.3, 0.4) is 0 Å². The van der Waals surface area contributed by atoms with Gasteiger partial charge in [-0.2, -0.15) is 18.3 Å². The lowest BCUT2D eigenvalue weighted by Gasteiger charge is -2.14. The molecule has 1 fully saturated rings. The van der Waals surface area contributed by atoms with Crippen molar-refractivity contribution in [2.24, 2.45) is 0 Å². The molecule has 0 spiro atoms. The van der Waals surface area contributed by atoms with Crippen molar-refractivity contribution in [1.82, 2.24) is 25.1 Å². The molecule has 3 aromatic rings. The summed E-state index contributed by atoms with van der Waals surface area (Å²) < 4.78 is 38.1. The molecule has 2 amide bonds. The molecular formula is C18H16F3N7O. The van der Waals surface area contributed by atoms with Crippen LogP contribution in [0.4, 0.5) is 35.3 Å². The summed E-state index contributed by atoms with van der Waals surface area (Å²) in [5, 5.41) is 9.27. The van der Waals surface area contributed by atoms with E-state index in [1.165, 1.54) is 12.4 Å². The fraction of sp³-hybridized carbons (Fsp3) is 0.222. The summed E-state index contributed by atoms with van der Waals surface area (Å²) in [4.78, 5) is 21.9. The van der Waals surface area contributed by atoms with Crippen LogP contribution in [0.1, 0.15) is 0 Å². The van der Waals surface area contributed by atoms with Crippen LogP contribution in [-0.4, -0.2) is 45.0 Å². The number of urea groups is 1. The number of alkyl halides is 3. The third kappa shape index (κ3) is 4.45. The highest BCUT2D eigenvalue weighted by molar-refractivity contribution is 5.94. The van der Waals surface area contributed by atoms with E-state index in [-0.39, 0.29) is 12.0 Å². The Morgan fingerprint density at radius 1 is 1.17 bits per heavy atom. The molecule has 150 valence electrons. The van der Waals surface area contributed by atoms with Gasteiger partial charge in [-0.15, -0.1) is 0 Å². The first-order chi connectivity index (χ1) is 13.9. The number of rotatable bonds is 5. The minimum absolute atomic E-state index is 0.127. The van der Waals surface area contributed by atoms with Gasteiger partial charge in [-0.1, -0.05) is 12.1 Å². The van der Waals surface area contributed by atoms with E-state index in [2.05, 4.69) is 25.7 Å². The summed E-state index contributed by atoms with van der Waals surface area (Å²) >= 11 is 0. The second-order valence-electron chi connectivity index (χ2n) is 6.36. The zero-order valence-corrected chi connectivity index (χ0v) is 15.0. The summed E-state index contributed by atoms with van der Waals surface area (Å²) in [7, 11) is 0. The fourth-order valence-electron chi connectivity index (χ4n) is 2.94. The molecule has 0 saturated carbocycles. The number of carbonyl (C=O) groups excluding carboxylic acids is 1. The van der Waals surface area contributed by atoms with Gasteiger partial charge in [0.05, 0.1) is 17.6 Å².